The van der Waals surface area contributed by atoms with Crippen LogP contribution in [-0.2, 0) is 11.2 Å². The largest absolute Gasteiger partial charge is 0.353 e. The van der Waals surface area contributed by atoms with Gasteiger partial charge in [0.25, 0.3) is 0 Å². The molecule has 0 aliphatic carbocycles. The van der Waals surface area contributed by atoms with Crippen LogP contribution >= 0.6 is 11.3 Å². The van der Waals surface area contributed by atoms with E-state index in [1.54, 1.807) is 11.3 Å². The summed E-state index contributed by atoms with van der Waals surface area (Å²) in [7, 11) is 0. The predicted molar refractivity (Wildman–Crippen MR) is 73.4 cm³/mol. The maximum atomic E-state index is 11.7. The lowest BCUT2D eigenvalue weighted by Gasteiger charge is -2.20. The molecule has 0 aliphatic heterocycles. The highest BCUT2D eigenvalue weighted by atomic mass is 32.1. The summed E-state index contributed by atoms with van der Waals surface area (Å²) < 4.78 is 0. The Morgan fingerprint density at radius 1 is 1.35 bits per heavy atom. The second-order valence-corrected chi connectivity index (χ2v) is 5.57. The highest BCUT2D eigenvalue weighted by Gasteiger charge is 2.15. The molecular formula is C13H22N2OS. The first-order valence-electron chi connectivity index (χ1n) is 6.06. The van der Waals surface area contributed by atoms with Crippen LogP contribution in [0.15, 0.2) is 16.8 Å². The van der Waals surface area contributed by atoms with Crippen molar-refractivity contribution < 1.29 is 4.79 Å². The van der Waals surface area contributed by atoms with Crippen LogP contribution in [0.2, 0.25) is 0 Å². The number of hydrogen-bond donors (Lipinski definition) is 2. The fourth-order valence-corrected chi connectivity index (χ4v) is 2.41. The highest BCUT2D eigenvalue weighted by Crippen LogP contribution is 2.08. The summed E-state index contributed by atoms with van der Waals surface area (Å²) in [6.07, 6.45) is 0.961. The predicted octanol–water partition coefficient (Wildman–Crippen LogP) is 2.18. The van der Waals surface area contributed by atoms with Crippen molar-refractivity contribution in [2.24, 2.45) is 0 Å². The zero-order chi connectivity index (χ0) is 12.8. The average molecular weight is 254 g/mol. The Bertz CT molecular complexity index is 335. The topological polar surface area (TPSA) is 41.1 Å². The summed E-state index contributed by atoms with van der Waals surface area (Å²) in [6, 6.07) is 2.48. The van der Waals surface area contributed by atoms with E-state index < -0.39 is 0 Å². The SMILES string of the molecule is CC(C)NC(=O)C(C)NC(C)Cc1ccsc1. The molecule has 0 spiro atoms. The lowest BCUT2D eigenvalue weighted by atomic mass is 10.1. The van der Waals surface area contributed by atoms with Gasteiger partial charge in [0.1, 0.15) is 0 Å². The smallest absolute Gasteiger partial charge is 0.237 e. The van der Waals surface area contributed by atoms with Gasteiger partial charge in [0, 0.05) is 12.1 Å². The van der Waals surface area contributed by atoms with Gasteiger partial charge in [-0.15, -0.1) is 0 Å². The van der Waals surface area contributed by atoms with Crippen molar-refractivity contribution in [3.8, 4) is 0 Å². The summed E-state index contributed by atoms with van der Waals surface area (Å²) in [6.45, 7) is 7.96. The van der Waals surface area contributed by atoms with Crippen molar-refractivity contribution in [1.82, 2.24) is 10.6 Å². The Labute approximate surface area is 108 Å². The fourth-order valence-electron chi connectivity index (χ4n) is 1.73. The molecule has 0 bridgehead atoms. The van der Waals surface area contributed by atoms with E-state index >= 15 is 0 Å². The molecule has 0 aliphatic rings. The van der Waals surface area contributed by atoms with Gasteiger partial charge in [-0.05, 0) is 56.5 Å². The monoisotopic (exact) mass is 254 g/mol. The zero-order valence-corrected chi connectivity index (χ0v) is 11.8. The van der Waals surface area contributed by atoms with Gasteiger partial charge in [-0.1, -0.05) is 0 Å². The second-order valence-electron chi connectivity index (χ2n) is 4.79. The number of nitrogens with one attached hydrogen (secondary N) is 2. The van der Waals surface area contributed by atoms with Gasteiger partial charge in [-0.2, -0.15) is 11.3 Å². The molecule has 1 amide bonds. The van der Waals surface area contributed by atoms with E-state index in [-0.39, 0.29) is 18.0 Å². The molecule has 1 heterocycles. The molecule has 1 rings (SSSR count). The van der Waals surface area contributed by atoms with Crippen molar-refractivity contribution >= 4 is 17.2 Å². The van der Waals surface area contributed by atoms with Crippen molar-refractivity contribution in [1.29, 1.82) is 0 Å². The summed E-state index contributed by atoms with van der Waals surface area (Å²) in [5.41, 5.74) is 1.33. The van der Waals surface area contributed by atoms with Gasteiger partial charge in [-0.25, -0.2) is 0 Å². The molecule has 3 nitrogen and oxygen atoms in total. The molecule has 0 radical (unpaired) electrons. The van der Waals surface area contributed by atoms with Crippen molar-refractivity contribution in [2.45, 2.75) is 52.2 Å². The van der Waals surface area contributed by atoms with Crippen LogP contribution in [0.5, 0.6) is 0 Å². The van der Waals surface area contributed by atoms with Gasteiger partial charge in [0.2, 0.25) is 5.91 Å². The van der Waals surface area contributed by atoms with Gasteiger partial charge >= 0.3 is 0 Å². The van der Waals surface area contributed by atoms with Gasteiger partial charge in [0.15, 0.2) is 0 Å². The van der Waals surface area contributed by atoms with Crippen LogP contribution in [0, 0.1) is 0 Å². The number of hydrogen-bond acceptors (Lipinski definition) is 3. The van der Waals surface area contributed by atoms with Crippen molar-refractivity contribution in [3.05, 3.63) is 22.4 Å². The summed E-state index contributed by atoms with van der Waals surface area (Å²) >= 11 is 1.71. The maximum absolute atomic E-state index is 11.7. The normalized spacial score (nSPS) is 14.6. The minimum Gasteiger partial charge on any atom is -0.353 e. The average Bonchev–Trinajstić information content (AvgIpc) is 2.68. The molecule has 2 atom stereocenters. The number of thiophene rings is 1. The van der Waals surface area contributed by atoms with E-state index in [9.17, 15) is 4.79 Å². The minimum atomic E-state index is -0.147. The molecule has 2 N–H and O–H groups in total. The van der Waals surface area contributed by atoms with E-state index in [1.807, 2.05) is 20.8 Å². The molecule has 96 valence electrons. The molecule has 1 aromatic heterocycles. The zero-order valence-electron chi connectivity index (χ0n) is 11.0. The number of rotatable bonds is 6. The molecular weight excluding hydrogens is 232 g/mol. The van der Waals surface area contributed by atoms with Gasteiger partial charge < -0.3 is 10.6 Å². The maximum Gasteiger partial charge on any atom is 0.237 e. The first kappa shape index (κ1) is 14.2. The second kappa shape index (κ2) is 6.77. The molecule has 0 fully saturated rings. The van der Waals surface area contributed by atoms with E-state index in [2.05, 4.69) is 34.4 Å². The molecule has 1 aromatic rings. The fraction of sp³-hybridized carbons (Fsp3) is 0.615. The van der Waals surface area contributed by atoms with Crippen molar-refractivity contribution in [2.75, 3.05) is 0 Å². The Morgan fingerprint density at radius 2 is 2.06 bits per heavy atom. The van der Waals surface area contributed by atoms with Crippen LogP contribution in [-0.4, -0.2) is 24.0 Å². The third kappa shape index (κ3) is 5.33. The first-order chi connectivity index (χ1) is 7.99. The standard InChI is InChI=1S/C13H22N2OS/c1-9(2)14-13(16)11(4)15-10(3)7-12-5-6-17-8-12/h5-6,8-11,15H,7H2,1-4H3,(H,14,16). The third-order valence-corrected chi connectivity index (χ3v) is 3.21. The van der Waals surface area contributed by atoms with Crippen molar-refractivity contribution in [3.63, 3.8) is 0 Å². The first-order valence-corrected chi connectivity index (χ1v) is 7.00. The summed E-state index contributed by atoms with van der Waals surface area (Å²) in [5.74, 6) is 0.0668. The molecule has 0 saturated carbocycles. The number of carbonyl (C=O) groups excluding carboxylic acids is 1. The Morgan fingerprint density at radius 3 is 2.59 bits per heavy atom. The number of carbonyl (C=O) groups is 1. The highest BCUT2D eigenvalue weighted by molar-refractivity contribution is 7.07. The summed E-state index contributed by atoms with van der Waals surface area (Å²) in [4.78, 5) is 11.7. The third-order valence-electron chi connectivity index (χ3n) is 2.48. The van der Waals surface area contributed by atoms with Crippen LogP contribution in [0.25, 0.3) is 0 Å². The lowest BCUT2D eigenvalue weighted by Crippen LogP contribution is -2.48. The quantitative estimate of drug-likeness (QED) is 0.817. The van der Waals surface area contributed by atoms with E-state index in [0.29, 0.717) is 6.04 Å². The van der Waals surface area contributed by atoms with Crippen LogP contribution < -0.4 is 10.6 Å². The van der Waals surface area contributed by atoms with E-state index in [0.717, 1.165) is 6.42 Å². The Balaban J connectivity index is 2.35. The summed E-state index contributed by atoms with van der Waals surface area (Å²) in [5, 5.41) is 10.5. The van der Waals surface area contributed by atoms with Crippen LogP contribution in [0.1, 0.15) is 33.3 Å². The number of amides is 1. The Kier molecular flexibility index (Phi) is 5.65. The van der Waals surface area contributed by atoms with E-state index in [4.69, 9.17) is 0 Å². The molecule has 0 saturated heterocycles. The molecule has 0 aromatic carbocycles. The van der Waals surface area contributed by atoms with Gasteiger partial charge in [-0.3, -0.25) is 4.79 Å². The van der Waals surface area contributed by atoms with E-state index in [1.165, 1.54) is 5.56 Å². The molecule has 2 unspecified atom stereocenters. The minimum absolute atomic E-state index is 0.0668. The van der Waals surface area contributed by atoms with Crippen LogP contribution in [0.3, 0.4) is 0 Å². The molecule has 4 heteroatoms. The van der Waals surface area contributed by atoms with Crippen LogP contribution in [0.4, 0.5) is 0 Å². The Hall–Kier alpha value is -0.870. The molecule has 17 heavy (non-hydrogen) atoms. The lowest BCUT2D eigenvalue weighted by molar-refractivity contribution is -0.123. The van der Waals surface area contributed by atoms with Gasteiger partial charge in [0.05, 0.1) is 6.04 Å².